The van der Waals surface area contributed by atoms with Gasteiger partial charge in [0.05, 0.1) is 12.6 Å². The number of hydrogen-bond donors (Lipinski definition) is 15. The number of amides is 7. The van der Waals surface area contributed by atoms with Gasteiger partial charge in [0.15, 0.2) is 0 Å². The van der Waals surface area contributed by atoms with Crippen LogP contribution in [-0.4, -0.2) is 157 Å². The lowest BCUT2D eigenvalue weighted by atomic mass is 10.0. The number of carbonyl (C=O) groups excluding carboxylic acids is 7. The molecule has 0 aromatic heterocycles. The lowest BCUT2D eigenvalue weighted by Crippen LogP contribution is -2.61. The molecule has 3 aromatic rings. The molecule has 0 bridgehead atoms. The maximum atomic E-state index is 14.1. The van der Waals surface area contributed by atoms with Crippen LogP contribution in [0.5, 0.6) is 5.75 Å². The van der Waals surface area contributed by atoms with Crippen molar-refractivity contribution in [1.82, 2.24) is 37.2 Å². The van der Waals surface area contributed by atoms with Crippen molar-refractivity contribution >= 4 is 65.2 Å². The third-order valence-corrected chi connectivity index (χ3v) is 11.8. The van der Waals surface area contributed by atoms with Gasteiger partial charge in [0.1, 0.15) is 48.0 Å². The summed E-state index contributed by atoms with van der Waals surface area (Å²) in [4.78, 5) is 143. The van der Waals surface area contributed by atoms with Gasteiger partial charge in [-0.2, -0.15) is 0 Å². The predicted octanol–water partition coefficient (Wildman–Crippen LogP) is -2.06. The summed E-state index contributed by atoms with van der Waals surface area (Å²) in [7, 11) is 0. The highest BCUT2D eigenvalue weighted by molar-refractivity contribution is 5.98. The summed E-state index contributed by atoms with van der Waals surface area (Å²) in [6.07, 6.45) is -3.48. The van der Waals surface area contributed by atoms with Crippen molar-refractivity contribution in [3.8, 4) is 5.75 Å². The number of carbonyl (C=O) groups is 11. The smallest absolute Gasteiger partial charge is 0.326 e. The number of unbranched alkanes of at least 4 members (excludes halogenated alkanes) is 1. The van der Waals surface area contributed by atoms with Crippen LogP contribution in [0.4, 0.5) is 0 Å². The first-order chi connectivity index (χ1) is 36.6. The monoisotopic (exact) mass is 1080 g/mol. The number of rotatable bonds is 35. The molecule has 8 atom stereocenters. The molecule has 0 heterocycles. The Morgan fingerprint density at radius 3 is 1.16 bits per heavy atom. The molecule has 0 aliphatic carbocycles. The van der Waals surface area contributed by atoms with Crippen LogP contribution in [0.25, 0.3) is 0 Å². The number of hydrogen-bond acceptors (Lipinski definition) is 15. The minimum Gasteiger partial charge on any atom is -0.508 e. The molecule has 26 heteroatoms. The van der Waals surface area contributed by atoms with Crippen LogP contribution in [0.1, 0.15) is 74.5 Å². The number of carboxylic acid groups (broad SMARTS) is 4. The summed E-state index contributed by atoms with van der Waals surface area (Å²) in [5.41, 5.74) is 13.0. The first-order valence-corrected chi connectivity index (χ1v) is 24.5. The molecule has 77 heavy (non-hydrogen) atoms. The van der Waals surface area contributed by atoms with E-state index in [9.17, 15) is 78.3 Å². The van der Waals surface area contributed by atoms with Gasteiger partial charge in [-0.3, -0.25) is 47.9 Å². The average molecular weight is 1080 g/mol. The highest BCUT2D eigenvalue weighted by Crippen LogP contribution is 2.14. The van der Waals surface area contributed by atoms with E-state index < -0.39 is 152 Å². The molecular formula is C51H67N9O17. The second-order valence-electron chi connectivity index (χ2n) is 17.9. The Kier molecular flexibility index (Phi) is 26.7. The number of aromatic hydroxyl groups is 1. The zero-order valence-electron chi connectivity index (χ0n) is 41.9. The van der Waals surface area contributed by atoms with Gasteiger partial charge >= 0.3 is 23.9 Å². The van der Waals surface area contributed by atoms with E-state index in [2.05, 4.69) is 37.2 Å². The quantitative estimate of drug-likeness (QED) is 0.0282. The molecule has 17 N–H and O–H groups in total. The number of benzene rings is 3. The van der Waals surface area contributed by atoms with Crippen molar-refractivity contribution in [1.29, 1.82) is 0 Å². The maximum Gasteiger partial charge on any atom is 0.326 e. The van der Waals surface area contributed by atoms with Crippen molar-refractivity contribution in [3.05, 3.63) is 102 Å². The minimum absolute atomic E-state index is 0.102. The Hall–Kier alpha value is -8.49. The summed E-state index contributed by atoms with van der Waals surface area (Å²) in [6.45, 7) is -0.941. The van der Waals surface area contributed by atoms with Crippen LogP contribution in [-0.2, 0) is 72.0 Å². The Bertz CT molecular complexity index is 2480. The molecular weight excluding hydrogens is 1010 g/mol. The number of phenols is 1. The molecule has 0 aliphatic rings. The van der Waals surface area contributed by atoms with E-state index >= 15 is 0 Å². The van der Waals surface area contributed by atoms with Gasteiger partial charge in [-0.05, 0) is 73.9 Å². The molecule has 0 unspecified atom stereocenters. The first-order valence-electron chi connectivity index (χ1n) is 24.5. The third kappa shape index (κ3) is 23.3. The van der Waals surface area contributed by atoms with Crippen molar-refractivity contribution in [2.75, 3.05) is 13.2 Å². The Balaban J connectivity index is 1.89. The largest absolute Gasteiger partial charge is 0.508 e. The zero-order valence-corrected chi connectivity index (χ0v) is 41.9. The molecule has 418 valence electrons. The normalized spacial score (nSPS) is 14.0. The highest BCUT2D eigenvalue weighted by Gasteiger charge is 2.35. The van der Waals surface area contributed by atoms with Gasteiger partial charge < -0.3 is 79.3 Å². The number of nitrogens with one attached hydrogen (secondary N) is 7. The topological polar surface area (TPSA) is 445 Å². The van der Waals surface area contributed by atoms with Crippen molar-refractivity contribution < 1.29 is 83.4 Å². The van der Waals surface area contributed by atoms with Crippen LogP contribution in [0.2, 0.25) is 0 Å². The Morgan fingerprint density at radius 2 is 0.740 bits per heavy atom. The van der Waals surface area contributed by atoms with E-state index in [1.807, 2.05) is 0 Å². The molecule has 0 aliphatic heterocycles. The molecule has 3 aromatic carbocycles. The number of aliphatic hydroxyl groups is 1. The molecule has 7 amide bonds. The van der Waals surface area contributed by atoms with Crippen molar-refractivity contribution in [2.45, 2.75) is 125 Å². The van der Waals surface area contributed by atoms with E-state index in [1.54, 1.807) is 60.7 Å². The van der Waals surface area contributed by atoms with Crippen molar-refractivity contribution in [3.63, 3.8) is 0 Å². The average Bonchev–Trinajstić information content (AvgIpc) is 3.39. The van der Waals surface area contributed by atoms with Gasteiger partial charge in [0.25, 0.3) is 0 Å². The maximum absolute atomic E-state index is 14.1. The fourth-order valence-electron chi connectivity index (χ4n) is 7.54. The molecule has 0 fully saturated rings. The van der Waals surface area contributed by atoms with Crippen molar-refractivity contribution in [2.24, 2.45) is 11.5 Å². The summed E-state index contributed by atoms with van der Waals surface area (Å²) in [5, 5.41) is 75.0. The number of aliphatic hydroxyl groups excluding tert-OH is 1. The van der Waals surface area contributed by atoms with E-state index in [4.69, 9.17) is 16.6 Å². The van der Waals surface area contributed by atoms with Crippen LogP contribution < -0.4 is 48.7 Å². The SMILES string of the molecule is NCCCC[C@H](NC(=O)[C@H](Cc1ccc(O)cc1)NC(=O)[C@@H](N)CCC(=O)O)C(=O)N[C@@H](CO)C(=O)N[C@@H](CCC(=O)O)C(=O)N[C@@H](Cc1ccccc1)C(=O)N[C@@H](CCC(=O)O)C(=O)N[C@@H](Cc1ccccc1)C(=O)O. The van der Waals surface area contributed by atoms with Crippen LogP contribution in [0.3, 0.4) is 0 Å². The van der Waals surface area contributed by atoms with E-state index in [0.29, 0.717) is 23.1 Å². The van der Waals surface area contributed by atoms with Crippen LogP contribution >= 0.6 is 0 Å². The lowest BCUT2D eigenvalue weighted by molar-refractivity contribution is -0.143. The van der Waals surface area contributed by atoms with E-state index in [0.717, 1.165) is 0 Å². The van der Waals surface area contributed by atoms with Gasteiger partial charge in [-0.1, -0.05) is 72.8 Å². The van der Waals surface area contributed by atoms with E-state index in [1.165, 1.54) is 24.3 Å². The standard InChI is InChI=1S/C51H67N9O17/c52-24-8-7-13-34(54-48(73)37(26-31-14-16-32(62)17-15-31)57-44(69)33(53)18-21-41(63)64)45(70)60-40(28-61)50(75)56-35(19-22-42(65)66)46(71)58-38(25-29-9-3-1-4-10-29)49(74)55-36(20-23-43(67)68)47(72)59-39(51(76)77)27-30-11-5-2-6-12-30/h1-6,9-12,14-17,33-40,61-62H,7-8,13,18-28,52-53H2,(H,54,73)(H,55,74)(H,56,75)(H,57,69)(H,58,71)(H,59,72)(H,60,70)(H,63,64)(H,65,66)(H,67,68)(H,76,77)/t33-,34-,35-,36-,37-,38-,39-,40-/m0/s1. The van der Waals surface area contributed by atoms with Crippen LogP contribution in [0.15, 0.2) is 84.9 Å². The summed E-state index contributed by atoms with van der Waals surface area (Å²) >= 11 is 0. The highest BCUT2D eigenvalue weighted by atomic mass is 16.4. The molecule has 26 nitrogen and oxygen atoms in total. The molecule has 3 rings (SSSR count). The van der Waals surface area contributed by atoms with Gasteiger partial charge in [-0.25, -0.2) is 4.79 Å². The van der Waals surface area contributed by atoms with Crippen LogP contribution in [0, 0.1) is 0 Å². The second-order valence-corrected chi connectivity index (χ2v) is 17.9. The summed E-state index contributed by atoms with van der Waals surface area (Å²) < 4.78 is 0. The number of aliphatic carboxylic acids is 4. The van der Waals surface area contributed by atoms with Gasteiger partial charge in [-0.15, -0.1) is 0 Å². The third-order valence-electron chi connectivity index (χ3n) is 11.8. The Morgan fingerprint density at radius 1 is 0.403 bits per heavy atom. The predicted molar refractivity (Wildman–Crippen MR) is 272 cm³/mol. The number of carboxylic acids is 4. The zero-order chi connectivity index (χ0) is 57.0. The number of nitrogens with two attached hydrogens (primary N) is 2. The summed E-state index contributed by atoms with van der Waals surface area (Å²) in [6, 6.07) is 9.13. The second kappa shape index (κ2) is 32.7. The van der Waals surface area contributed by atoms with Gasteiger partial charge in [0, 0.05) is 38.5 Å². The fourth-order valence-corrected chi connectivity index (χ4v) is 7.54. The summed E-state index contributed by atoms with van der Waals surface area (Å²) in [5.74, 6) is -12.9. The molecule has 0 spiro atoms. The lowest BCUT2D eigenvalue weighted by Gasteiger charge is -2.27. The number of phenolic OH excluding ortho intramolecular Hbond substituents is 1. The van der Waals surface area contributed by atoms with E-state index in [-0.39, 0.29) is 50.8 Å². The van der Waals surface area contributed by atoms with Gasteiger partial charge in [0.2, 0.25) is 41.4 Å². The molecule has 0 radical (unpaired) electrons. The molecule has 0 saturated carbocycles. The first kappa shape index (κ1) is 62.8. The minimum atomic E-state index is -1.87. The fraction of sp³-hybridized carbons (Fsp3) is 0.431. The Labute approximate surface area is 442 Å². The molecule has 0 saturated heterocycles.